The first-order valence-electron chi connectivity index (χ1n) is 7.73. The molecule has 2 aromatic rings. The summed E-state index contributed by atoms with van der Waals surface area (Å²) >= 11 is 4.74. The number of nitrogens with one attached hydrogen (secondary N) is 1. The number of carbonyl (C=O) groups excluding carboxylic acids is 3. The molecule has 7 heteroatoms. The molecule has 25 heavy (non-hydrogen) atoms. The standard InChI is InChI=1S/C18H19BrN2O3S/c1-12-10-13(19)5-6-14(12)20-17(23)11-21(2)18(24)8-7-15(22)16-4-3-9-25-16/h3-6,9-10H,7-8,11H2,1-2H3,(H,20,23). The molecule has 132 valence electrons. The number of likely N-dealkylation sites (N-methyl/N-ethyl adjacent to an activating group) is 1. The minimum atomic E-state index is -0.272. The Labute approximate surface area is 159 Å². The third kappa shape index (κ3) is 5.79. The first kappa shape index (κ1) is 19.3. The number of hydrogen-bond acceptors (Lipinski definition) is 4. The van der Waals surface area contributed by atoms with E-state index in [1.165, 1.54) is 16.2 Å². The SMILES string of the molecule is Cc1cc(Br)ccc1NC(=O)CN(C)C(=O)CCC(=O)c1cccs1. The summed E-state index contributed by atoms with van der Waals surface area (Å²) < 4.78 is 0.936. The molecule has 2 rings (SSSR count). The van der Waals surface area contributed by atoms with Crippen LogP contribution in [0.1, 0.15) is 28.1 Å². The lowest BCUT2D eigenvalue weighted by atomic mass is 10.2. The predicted molar refractivity (Wildman–Crippen MR) is 103 cm³/mol. The third-order valence-corrected chi connectivity index (χ3v) is 5.04. The maximum atomic E-state index is 12.1. The molecule has 0 aliphatic rings. The summed E-state index contributed by atoms with van der Waals surface area (Å²) in [6, 6.07) is 9.10. The molecule has 0 unspecified atom stereocenters. The maximum Gasteiger partial charge on any atom is 0.243 e. The summed E-state index contributed by atoms with van der Waals surface area (Å²) in [7, 11) is 1.56. The van der Waals surface area contributed by atoms with Gasteiger partial charge in [-0.2, -0.15) is 0 Å². The number of nitrogens with zero attached hydrogens (tertiary/aromatic N) is 1. The van der Waals surface area contributed by atoms with Crippen LogP contribution in [0, 0.1) is 6.92 Å². The first-order valence-corrected chi connectivity index (χ1v) is 9.40. The average Bonchev–Trinajstić information content (AvgIpc) is 3.09. The molecule has 1 aromatic heterocycles. The van der Waals surface area contributed by atoms with Crippen LogP contribution in [-0.4, -0.2) is 36.1 Å². The molecule has 2 amide bonds. The Morgan fingerprint density at radius 2 is 1.96 bits per heavy atom. The number of carbonyl (C=O) groups is 3. The van der Waals surface area contributed by atoms with Gasteiger partial charge in [-0.3, -0.25) is 14.4 Å². The van der Waals surface area contributed by atoms with Crippen molar-refractivity contribution in [2.24, 2.45) is 0 Å². The lowest BCUT2D eigenvalue weighted by molar-refractivity contribution is -0.133. The van der Waals surface area contributed by atoms with Crippen LogP contribution in [0.25, 0.3) is 0 Å². The second-order valence-corrected chi connectivity index (χ2v) is 7.52. The smallest absolute Gasteiger partial charge is 0.243 e. The van der Waals surface area contributed by atoms with Gasteiger partial charge in [-0.05, 0) is 42.1 Å². The highest BCUT2D eigenvalue weighted by molar-refractivity contribution is 9.10. The Hall–Kier alpha value is -1.99. The Morgan fingerprint density at radius 1 is 1.20 bits per heavy atom. The molecular formula is C18H19BrN2O3S. The van der Waals surface area contributed by atoms with E-state index in [9.17, 15) is 14.4 Å². The van der Waals surface area contributed by atoms with Gasteiger partial charge in [-0.25, -0.2) is 0 Å². The molecule has 1 heterocycles. The number of amides is 2. The van der Waals surface area contributed by atoms with Crippen LogP contribution in [0.4, 0.5) is 5.69 Å². The number of benzene rings is 1. The monoisotopic (exact) mass is 422 g/mol. The summed E-state index contributed by atoms with van der Waals surface area (Å²) in [6.45, 7) is 1.84. The molecule has 5 nitrogen and oxygen atoms in total. The van der Waals surface area contributed by atoms with Crippen LogP contribution in [0.5, 0.6) is 0 Å². The number of Topliss-reactive ketones (excluding diaryl/α,β-unsaturated/α-hetero) is 1. The van der Waals surface area contributed by atoms with Gasteiger partial charge in [-0.1, -0.05) is 22.0 Å². The fourth-order valence-corrected chi connectivity index (χ4v) is 3.40. The van der Waals surface area contributed by atoms with Crippen molar-refractivity contribution in [3.05, 3.63) is 50.6 Å². The molecule has 1 N–H and O–H groups in total. The van der Waals surface area contributed by atoms with Crippen molar-refractivity contribution >= 4 is 50.6 Å². The number of thiophene rings is 1. The number of aryl methyl sites for hydroxylation is 1. The molecule has 0 aliphatic heterocycles. The Bertz CT molecular complexity index is 775. The number of hydrogen-bond donors (Lipinski definition) is 1. The van der Waals surface area contributed by atoms with E-state index in [1.54, 1.807) is 25.2 Å². The van der Waals surface area contributed by atoms with Crippen molar-refractivity contribution < 1.29 is 14.4 Å². The Morgan fingerprint density at radius 3 is 2.60 bits per heavy atom. The zero-order chi connectivity index (χ0) is 18.4. The normalized spacial score (nSPS) is 10.4. The molecule has 0 aliphatic carbocycles. The number of rotatable bonds is 7. The highest BCUT2D eigenvalue weighted by atomic mass is 79.9. The zero-order valence-corrected chi connectivity index (χ0v) is 16.4. The fraction of sp³-hybridized carbons (Fsp3) is 0.278. The molecule has 0 fully saturated rings. The van der Waals surface area contributed by atoms with Crippen molar-refractivity contribution in [1.29, 1.82) is 0 Å². The van der Waals surface area contributed by atoms with Gasteiger partial charge in [0.2, 0.25) is 11.8 Å². The third-order valence-electron chi connectivity index (χ3n) is 3.63. The van der Waals surface area contributed by atoms with Gasteiger partial charge in [0.25, 0.3) is 0 Å². The lowest BCUT2D eigenvalue weighted by Crippen LogP contribution is -2.35. The predicted octanol–water partition coefficient (Wildman–Crippen LogP) is 3.88. The van der Waals surface area contributed by atoms with Gasteiger partial charge >= 0.3 is 0 Å². The van der Waals surface area contributed by atoms with Crippen LogP contribution in [0.2, 0.25) is 0 Å². The largest absolute Gasteiger partial charge is 0.336 e. The topological polar surface area (TPSA) is 66.5 Å². The van der Waals surface area contributed by atoms with Gasteiger partial charge in [0.15, 0.2) is 5.78 Å². The van der Waals surface area contributed by atoms with Crippen molar-refractivity contribution in [2.75, 3.05) is 18.9 Å². The quantitative estimate of drug-likeness (QED) is 0.688. The molecule has 1 aromatic carbocycles. The van der Waals surface area contributed by atoms with Crippen LogP contribution in [-0.2, 0) is 9.59 Å². The van der Waals surface area contributed by atoms with Gasteiger partial charge in [0.05, 0.1) is 11.4 Å². The summed E-state index contributed by atoms with van der Waals surface area (Å²) in [6.07, 6.45) is 0.245. The van der Waals surface area contributed by atoms with Crippen LogP contribution in [0.3, 0.4) is 0 Å². The van der Waals surface area contributed by atoms with Crippen LogP contribution in [0.15, 0.2) is 40.2 Å². The zero-order valence-electron chi connectivity index (χ0n) is 14.0. The summed E-state index contributed by atoms with van der Waals surface area (Å²) in [4.78, 5) is 38.1. The molecule has 0 saturated heterocycles. The van der Waals surface area contributed by atoms with Gasteiger partial charge in [0, 0.05) is 30.0 Å². The summed E-state index contributed by atoms with van der Waals surface area (Å²) in [5, 5.41) is 4.62. The van der Waals surface area contributed by atoms with E-state index in [4.69, 9.17) is 0 Å². The second kappa shape index (κ2) is 8.92. The summed E-state index contributed by atoms with van der Waals surface area (Å²) in [5.74, 6) is -0.551. The fourth-order valence-electron chi connectivity index (χ4n) is 2.23. The van der Waals surface area contributed by atoms with Gasteiger partial charge in [0.1, 0.15) is 0 Å². The van der Waals surface area contributed by atoms with Crippen molar-refractivity contribution in [2.45, 2.75) is 19.8 Å². The molecular weight excluding hydrogens is 404 g/mol. The number of ketones is 1. The van der Waals surface area contributed by atoms with E-state index in [2.05, 4.69) is 21.2 Å². The van der Waals surface area contributed by atoms with Gasteiger partial charge < -0.3 is 10.2 Å². The van der Waals surface area contributed by atoms with E-state index in [1.807, 2.05) is 24.4 Å². The van der Waals surface area contributed by atoms with Crippen molar-refractivity contribution in [3.8, 4) is 0 Å². The molecule has 0 atom stereocenters. The minimum Gasteiger partial charge on any atom is -0.336 e. The van der Waals surface area contributed by atoms with Gasteiger partial charge in [-0.15, -0.1) is 11.3 Å². The molecule has 0 saturated carbocycles. The molecule has 0 bridgehead atoms. The minimum absolute atomic E-state index is 0.0494. The van der Waals surface area contributed by atoms with E-state index >= 15 is 0 Å². The van der Waals surface area contributed by atoms with E-state index in [0.29, 0.717) is 10.6 Å². The first-order chi connectivity index (χ1) is 11.9. The highest BCUT2D eigenvalue weighted by Gasteiger charge is 2.16. The van der Waals surface area contributed by atoms with Crippen molar-refractivity contribution in [1.82, 2.24) is 4.90 Å². The Balaban J connectivity index is 1.81. The molecule has 0 spiro atoms. The van der Waals surface area contributed by atoms with E-state index < -0.39 is 0 Å². The van der Waals surface area contributed by atoms with Crippen LogP contribution < -0.4 is 5.32 Å². The number of anilines is 1. The Kier molecular flexibility index (Phi) is 6.90. The van der Waals surface area contributed by atoms with E-state index in [0.717, 1.165) is 10.0 Å². The molecule has 0 radical (unpaired) electrons. The van der Waals surface area contributed by atoms with E-state index in [-0.39, 0.29) is 37.0 Å². The lowest BCUT2D eigenvalue weighted by Gasteiger charge is -2.17. The van der Waals surface area contributed by atoms with Crippen molar-refractivity contribution in [3.63, 3.8) is 0 Å². The average molecular weight is 423 g/mol. The maximum absolute atomic E-state index is 12.1. The highest BCUT2D eigenvalue weighted by Crippen LogP contribution is 2.20. The van der Waals surface area contributed by atoms with Crippen LogP contribution >= 0.6 is 27.3 Å². The summed E-state index contributed by atoms with van der Waals surface area (Å²) in [5.41, 5.74) is 1.64. The second-order valence-electron chi connectivity index (χ2n) is 5.66. The number of halogens is 1.